The molecule has 0 aliphatic heterocycles. The first-order valence-electron chi connectivity index (χ1n) is 25.6. The molecule has 0 saturated carbocycles. The third-order valence-corrected chi connectivity index (χ3v) is 11.1. The molecule has 0 spiro atoms. The van der Waals surface area contributed by atoms with E-state index in [1.165, 1.54) is 109 Å². The molecule has 0 aliphatic carbocycles. The maximum atomic E-state index is 12.8. The second kappa shape index (κ2) is 49.0. The zero-order valence-electron chi connectivity index (χ0n) is 39.7. The number of unbranched alkanes of at least 4 members (excludes halogenated alkanes) is 27. The van der Waals surface area contributed by atoms with Gasteiger partial charge in [0, 0.05) is 19.3 Å². The smallest absolute Gasteiger partial charge is 0.306 e. The van der Waals surface area contributed by atoms with Crippen LogP contribution in [0.3, 0.4) is 0 Å². The number of ether oxygens (including phenoxy) is 3. The van der Waals surface area contributed by atoms with Gasteiger partial charge in [-0.1, -0.05) is 211 Å². The first-order chi connectivity index (χ1) is 29.5. The van der Waals surface area contributed by atoms with Crippen LogP contribution < -0.4 is 0 Å². The molecule has 0 aromatic heterocycles. The highest BCUT2D eigenvalue weighted by Crippen LogP contribution is 2.15. The monoisotopic (exact) mass is 841 g/mol. The van der Waals surface area contributed by atoms with Crippen LogP contribution in [-0.4, -0.2) is 37.2 Å². The van der Waals surface area contributed by atoms with E-state index in [2.05, 4.69) is 69.4 Å². The van der Waals surface area contributed by atoms with Gasteiger partial charge in [0.15, 0.2) is 6.10 Å². The maximum absolute atomic E-state index is 12.8. The van der Waals surface area contributed by atoms with Crippen LogP contribution in [-0.2, 0) is 28.6 Å². The molecular formula is C54H96O6. The molecule has 1 atom stereocenters. The second-order valence-electron chi connectivity index (χ2n) is 17.1. The highest BCUT2D eigenvalue weighted by molar-refractivity contribution is 5.71. The van der Waals surface area contributed by atoms with Gasteiger partial charge >= 0.3 is 17.9 Å². The van der Waals surface area contributed by atoms with E-state index in [4.69, 9.17) is 14.2 Å². The summed E-state index contributed by atoms with van der Waals surface area (Å²) in [6, 6.07) is 0. The maximum Gasteiger partial charge on any atom is 0.306 e. The molecule has 0 bridgehead atoms. The summed E-state index contributed by atoms with van der Waals surface area (Å²) in [5.74, 6) is -0.899. The highest BCUT2D eigenvalue weighted by atomic mass is 16.6. The minimum Gasteiger partial charge on any atom is -0.462 e. The fourth-order valence-electron chi connectivity index (χ4n) is 7.22. The molecule has 60 heavy (non-hydrogen) atoms. The Morgan fingerprint density at radius 1 is 0.350 bits per heavy atom. The third-order valence-electron chi connectivity index (χ3n) is 11.1. The fourth-order valence-corrected chi connectivity index (χ4v) is 7.22. The number of esters is 3. The van der Waals surface area contributed by atoms with Gasteiger partial charge < -0.3 is 14.2 Å². The van der Waals surface area contributed by atoms with Crippen molar-refractivity contribution in [2.45, 2.75) is 264 Å². The highest BCUT2D eigenvalue weighted by Gasteiger charge is 2.19. The van der Waals surface area contributed by atoms with Crippen LogP contribution in [0.1, 0.15) is 258 Å². The Morgan fingerprint density at radius 2 is 0.650 bits per heavy atom. The largest absolute Gasteiger partial charge is 0.462 e. The average molecular weight is 841 g/mol. The zero-order chi connectivity index (χ0) is 43.7. The second-order valence-corrected chi connectivity index (χ2v) is 17.1. The summed E-state index contributed by atoms with van der Waals surface area (Å²) >= 11 is 0. The van der Waals surface area contributed by atoms with E-state index in [1.807, 2.05) is 0 Å². The van der Waals surface area contributed by atoms with E-state index in [-0.39, 0.29) is 31.1 Å². The molecular weight excluding hydrogens is 745 g/mol. The van der Waals surface area contributed by atoms with Gasteiger partial charge in [0.05, 0.1) is 0 Å². The minimum atomic E-state index is -0.781. The van der Waals surface area contributed by atoms with Crippen molar-refractivity contribution >= 4 is 17.9 Å². The Balaban J connectivity index is 4.40. The molecule has 6 nitrogen and oxygen atoms in total. The molecule has 0 aromatic rings. The summed E-state index contributed by atoms with van der Waals surface area (Å²) in [6.07, 6.45) is 58.0. The number of carbonyl (C=O) groups excluding carboxylic acids is 3. The molecule has 0 rings (SSSR count). The van der Waals surface area contributed by atoms with Crippen LogP contribution >= 0.6 is 0 Å². The van der Waals surface area contributed by atoms with E-state index >= 15 is 0 Å². The lowest BCUT2D eigenvalue weighted by molar-refractivity contribution is -0.167. The summed E-state index contributed by atoms with van der Waals surface area (Å²) in [6.45, 7) is 6.51. The lowest BCUT2D eigenvalue weighted by atomic mass is 10.0. The molecule has 0 aliphatic rings. The van der Waals surface area contributed by atoms with Crippen LogP contribution in [0.2, 0.25) is 0 Å². The Bertz CT molecular complexity index is 1060. The van der Waals surface area contributed by atoms with Gasteiger partial charge in [-0.25, -0.2) is 0 Å². The predicted molar refractivity (Wildman–Crippen MR) is 256 cm³/mol. The summed E-state index contributed by atoms with van der Waals surface area (Å²) in [4.78, 5) is 37.9. The van der Waals surface area contributed by atoms with Crippen molar-refractivity contribution in [2.24, 2.45) is 0 Å². The molecule has 6 heteroatoms. The molecule has 0 saturated heterocycles. The van der Waals surface area contributed by atoms with Gasteiger partial charge in [-0.3, -0.25) is 14.4 Å². The summed E-state index contributed by atoms with van der Waals surface area (Å²) in [7, 11) is 0. The van der Waals surface area contributed by atoms with Crippen molar-refractivity contribution in [1.82, 2.24) is 0 Å². The van der Waals surface area contributed by atoms with Crippen LogP contribution in [0, 0.1) is 0 Å². The van der Waals surface area contributed by atoms with Crippen molar-refractivity contribution in [3.8, 4) is 0 Å². The summed E-state index contributed by atoms with van der Waals surface area (Å²) in [5, 5.41) is 0. The lowest BCUT2D eigenvalue weighted by Crippen LogP contribution is -2.30. The number of hydrogen-bond acceptors (Lipinski definition) is 6. The van der Waals surface area contributed by atoms with Gasteiger partial charge in [-0.15, -0.1) is 0 Å². The van der Waals surface area contributed by atoms with Crippen LogP contribution in [0.25, 0.3) is 0 Å². The first kappa shape index (κ1) is 57.4. The van der Waals surface area contributed by atoms with E-state index < -0.39 is 6.10 Å². The van der Waals surface area contributed by atoms with Crippen LogP contribution in [0.15, 0.2) is 48.6 Å². The number of rotatable bonds is 46. The normalized spacial score (nSPS) is 12.4. The molecule has 0 N–H and O–H groups in total. The van der Waals surface area contributed by atoms with Crippen molar-refractivity contribution in [3.05, 3.63) is 48.6 Å². The lowest BCUT2D eigenvalue weighted by Gasteiger charge is -2.18. The number of hydrogen-bond donors (Lipinski definition) is 0. The standard InChI is InChI=1S/C54H96O6/c1-4-7-10-13-16-19-22-25-27-30-32-35-38-41-44-47-53(56)59-50-51(49-58-52(55)46-43-40-37-34-31-28-24-21-18-15-12-9-6-3)60-54(57)48-45-42-39-36-33-29-26-23-20-17-14-11-8-5-2/h7,10,16,19,23,25-27,51H,4-6,8-9,11-15,17-18,20-22,24,28-50H2,1-3H3/b10-7+,19-16+,26-23+,27-25+/t51-/m1/s1. The topological polar surface area (TPSA) is 78.9 Å². The average Bonchev–Trinajstić information content (AvgIpc) is 3.24. The van der Waals surface area contributed by atoms with E-state index in [1.54, 1.807) is 0 Å². The van der Waals surface area contributed by atoms with Crippen molar-refractivity contribution < 1.29 is 28.6 Å². The number of allylic oxidation sites excluding steroid dienone is 8. The Hall–Kier alpha value is -2.63. The molecule has 0 aromatic carbocycles. The van der Waals surface area contributed by atoms with Crippen molar-refractivity contribution in [1.29, 1.82) is 0 Å². The van der Waals surface area contributed by atoms with Gasteiger partial charge in [0.2, 0.25) is 0 Å². The van der Waals surface area contributed by atoms with Crippen LogP contribution in [0.4, 0.5) is 0 Å². The Labute approximate surface area is 371 Å². The number of carbonyl (C=O) groups is 3. The van der Waals surface area contributed by atoms with E-state index in [0.717, 1.165) is 109 Å². The molecule has 348 valence electrons. The summed E-state index contributed by atoms with van der Waals surface area (Å²) in [5.41, 5.74) is 0. The fraction of sp³-hybridized carbons (Fsp3) is 0.796. The SMILES string of the molecule is CC/C=C/C/C=C/C/C=C/CCCCCCCC(=O)OC[C@@H](COC(=O)CCCCCCCCCCCCCCC)OC(=O)CCCCCCC/C=C/CCCCCCC. The van der Waals surface area contributed by atoms with E-state index in [0.29, 0.717) is 19.3 Å². The Kier molecular flexibility index (Phi) is 46.9. The van der Waals surface area contributed by atoms with Crippen molar-refractivity contribution in [3.63, 3.8) is 0 Å². The van der Waals surface area contributed by atoms with Gasteiger partial charge in [0.1, 0.15) is 13.2 Å². The molecule has 0 amide bonds. The third kappa shape index (κ3) is 46.4. The van der Waals surface area contributed by atoms with Gasteiger partial charge in [0.25, 0.3) is 0 Å². The minimum absolute atomic E-state index is 0.0798. The summed E-state index contributed by atoms with van der Waals surface area (Å²) < 4.78 is 16.8. The Morgan fingerprint density at radius 3 is 1.03 bits per heavy atom. The quantitative estimate of drug-likeness (QED) is 0.0263. The van der Waals surface area contributed by atoms with Crippen LogP contribution in [0.5, 0.6) is 0 Å². The molecule has 0 unspecified atom stereocenters. The first-order valence-corrected chi connectivity index (χ1v) is 25.6. The molecule has 0 heterocycles. The van der Waals surface area contributed by atoms with Gasteiger partial charge in [-0.2, -0.15) is 0 Å². The van der Waals surface area contributed by atoms with Gasteiger partial charge in [-0.05, 0) is 77.0 Å². The zero-order valence-corrected chi connectivity index (χ0v) is 39.7. The molecule has 0 fully saturated rings. The predicted octanol–water partition coefficient (Wildman–Crippen LogP) is 16.7. The molecule has 0 radical (unpaired) electrons. The van der Waals surface area contributed by atoms with Crippen molar-refractivity contribution in [2.75, 3.05) is 13.2 Å². The van der Waals surface area contributed by atoms with E-state index in [9.17, 15) is 14.4 Å².